The molecule has 0 bridgehead atoms. The molecule has 8 heteroatoms. The zero-order valence-electron chi connectivity index (χ0n) is 17.8. The van der Waals surface area contributed by atoms with Crippen molar-refractivity contribution in [1.29, 1.82) is 0 Å². The molecule has 4 rings (SSSR count). The number of hydrogen-bond donors (Lipinski definition) is 0. The van der Waals surface area contributed by atoms with Crippen LogP contribution in [0, 0.1) is 6.92 Å². The van der Waals surface area contributed by atoms with Crippen LogP contribution in [0.4, 0.5) is 5.69 Å². The highest BCUT2D eigenvalue weighted by atomic mass is 35.5. The number of halogens is 1. The molecule has 31 heavy (non-hydrogen) atoms. The summed E-state index contributed by atoms with van der Waals surface area (Å²) in [6.45, 7) is 7.06. The average molecular weight is 457 g/mol. The van der Waals surface area contributed by atoms with Gasteiger partial charge in [0.2, 0.25) is 5.91 Å². The molecule has 0 spiro atoms. The summed E-state index contributed by atoms with van der Waals surface area (Å²) >= 11 is 7.49. The van der Waals surface area contributed by atoms with E-state index in [9.17, 15) is 4.79 Å². The number of fused-ring (bicyclic) bond motifs is 1. The van der Waals surface area contributed by atoms with E-state index in [2.05, 4.69) is 23.2 Å². The van der Waals surface area contributed by atoms with Crippen LogP contribution in [0.15, 0.2) is 47.6 Å². The maximum absolute atomic E-state index is 13.0. The minimum Gasteiger partial charge on any atom is -0.486 e. The van der Waals surface area contributed by atoms with E-state index >= 15 is 0 Å². The van der Waals surface area contributed by atoms with E-state index < -0.39 is 0 Å². The number of rotatable bonds is 7. The van der Waals surface area contributed by atoms with Gasteiger partial charge in [0.1, 0.15) is 12.4 Å². The van der Waals surface area contributed by atoms with Crippen molar-refractivity contribution < 1.29 is 9.53 Å². The Bertz CT molecular complexity index is 1100. The second-order valence-electron chi connectivity index (χ2n) is 7.58. The number of para-hydroxylation sites is 1. The number of carbonyl (C=O) groups excluding carboxylic acids is 1. The average Bonchev–Trinajstić information content (AvgIpc) is 3.32. The van der Waals surface area contributed by atoms with Crippen molar-refractivity contribution in [2.45, 2.75) is 51.5 Å². The van der Waals surface area contributed by atoms with E-state index in [4.69, 9.17) is 16.3 Å². The van der Waals surface area contributed by atoms with Gasteiger partial charge in [-0.25, -0.2) is 0 Å². The maximum atomic E-state index is 13.0. The minimum atomic E-state index is 0.0857. The molecule has 3 aromatic rings. The van der Waals surface area contributed by atoms with Gasteiger partial charge in [0.15, 0.2) is 11.0 Å². The van der Waals surface area contributed by atoms with Gasteiger partial charge in [0, 0.05) is 23.3 Å². The first-order chi connectivity index (χ1) is 15.0. The highest BCUT2D eigenvalue weighted by Gasteiger charge is 2.30. The SMILES string of the molecule is CCn1c(COc2ccc(Cl)c(C)c2)nnc1SCC(=O)N1c2ccccc2C[C@H]1C. The van der Waals surface area contributed by atoms with Crippen molar-refractivity contribution in [3.05, 3.63) is 64.4 Å². The largest absolute Gasteiger partial charge is 0.486 e. The van der Waals surface area contributed by atoms with E-state index in [-0.39, 0.29) is 11.9 Å². The van der Waals surface area contributed by atoms with Gasteiger partial charge in [-0.05, 0) is 62.6 Å². The zero-order valence-corrected chi connectivity index (χ0v) is 19.4. The molecule has 1 atom stereocenters. The fourth-order valence-corrected chi connectivity index (χ4v) is 4.84. The molecule has 0 aliphatic carbocycles. The van der Waals surface area contributed by atoms with Gasteiger partial charge in [-0.3, -0.25) is 4.79 Å². The first-order valence-electron chi connectivity index (χ1n) is 10.3. The quantitative estimate of drug-likeness (QED) is 0.473. The van der Waals surface area contributed by atoms with Crippen LogP contribution in [0.2, 0.25) is 5.02 Å². The van der Waals surface area contributed by atoms with Gasteiger partial charge in [-0.2, -0.15) is 0 Å². The Morgan fingerprint density at radius 3 is 2.84 bits per heavy atom. The number of ether oxygens (including phenoxy) is 1. The second-order valence-corrected chi connectivity index (χ2v) is 8.93. The molecule has 2 aromatic carbocycles. The molecule has 0 unspecified atom stereocenters. The van der Waals surface area contributed by atoms with Gasteiger partial charge >= 0.3 is 0 Å². The first-order valence-corrected chi connectivity index (χ1v) is 11.7. The molecule has 0 saturated carbocycles. The van der Waals surface area contributed by atoms with Crippen LogP contribution in [0.25, 0.3) is 0 Å². The summed E-state index contributed by atoms with van der Waals surface area (Å²) < 4.78 is 7.87. The molecule has 0 fully saturated rings. The van der Waals surface area contributed by atoms with E-state index in [1.54, 1.807) is 0 Å². The van der Waals surface area contributed by atoms with E-state index in [0.29, 0.717) is 23.9 Å². The van der Waals surface area contributed by atoms with E-state index in [1.807, 2.05) is 59.7 Å². The molecule has 0 radical (unpaired) electrons. The molecule has 2 heterocycles. The molecular formula is C23H25ClN4O2S. The lowest BCUT2D eigenvalue weighted by atomic mass is 10.1. The lowest BCUT2D eigenvalue weighted by molar-refractivity contribution is -0.116. The highest BCUT2D eigenvalue weighted by molar-refractivity contribution is 7.99. The van der Waals surface area contributed by atoms with Crippen LogP contribution in [0.3, 0.4) is 0 Å². The Balaban J connectivity index is 1.41. The summed E-state index contributed by atoms with van der Waals surface area (Å²) in [5, 5.41) is 10.0. The van der Waals surface area contributed by atoms with E-state index in [1.165, 1.54) is 17.3 Å². The Morgan fingerprint density at radius 1 is 1.26 bits per heavy atom. The maximum Gasteiger partial charge on any atom is 0.237 e. The molecular weight excluding hydrogens is 432 g/mol. The molecule has 1 amide bonds. The lowest BCUT2D eigenvalue weighted by Gasteiger charge is -2.22. The normalized spacial score (nSPS) is 15.2. The van der Waals surface area contributed by atoms with Crippen LogP contribution in [0.5, 0.6) is 5.75 Å². The fourth-order valence-electron chi connectivity index (χ4n) is 3.85. The number of benzene rings is 2. The number of aryl methyl sites for hydroxylation is 1. The number of aromatic nitrogens is 3. The third kappa shape index (κ3) is 4.57. The first kappa shape index (κ1) is 21.7. The zero-order chi connectivity index (χ0) is 22.0. The van der Waals surface area contributed by atoms with Crippen LogP contribution in [-0.4, -0.2) is 32.5 Å². The Hall–Kier alpha value is -2.51. The van der Waals surface area contributed by atoms with Crippen molar-refractivity contribution >= 4 is 35.0 Å². The van der Waals surface area contributed by atoms with Crippen molar-refractivity contribution in [3.63, 3.8) is 0 Å². The topological polar surface area (TPSA) is 60.2 Å². The van der Waals surface area contributed by atoms with Crippen molar-refractivity contribution in [2.24, 2.45) is 0 Å². The monoisotopic (exact) mass is 456 g/mol. The van der Waals surface area contributed by atoms with Crippen molar-refractivity contribution in [2.75, 3.05) is 10.7 Å². The van der Waals surface area contributed by atoms with Crippen LogP contribution in [0.1, 0.15) is 30.8 Å². The second kappa shape index (κ2) is 9.32. The Labute approximate surface area is 191 Å². The molecule has 1 aromatic heterocycles. The van der Waals surface area contributed by atoms with Gasteiger partial charge in [-0.1, -0.05) is 41.6 Å². The minimum absolute atomic E-state index is 0.0857. The number of hydrogen-bond acceptors (Lipinski definition) is 5. The molecule has 0 N–H and O–H groups in total. The number of nitrogens with zero attached hydrogens (tertiary/aromatic N) is 4. The third-order valence-corrected chi connectivity index (χ3v) is 6.78. The number of thioether (sulfide) groups is 1. The Kier molecular flexibility index (Phi) is 6.53. The van der Waals surface area contributed by atoms with Gasteiger partial charge in [0.05, 0.1) is 5.75 Å². The predicted octanol–water partition coefficient (Wildman–Crippen LogP) is 4.91. The molecule has 0 saturated heterocycles. The highest BCUT2D eigenvalue weighted by Crippen LogP contribution is 2.33. The van der Waals surface area contributed by atoms with Gasteiger partial charge in [-0.15, -0.1) is 10.2 Å². The molecule has 6 nitrogen and oxygen atoms in total. The summed E-state index contributed by atoms with van der Waals surface area (Å²) in [7, 11) is 0. The standard InChI is InChI=1S/C23H25ClN4O2S/c1-4-27-21(13-30-18-9-10-19(24)15(2)11-18)25-26-23(27)31-14-22(29)28-16(3)12-17-7-5-6-8-20(17)28/h5-11,16H,4,12-14H2,1-3H3/t16-/m1/s1. The van der Waals surface area contributed by atoms with Crippen molar-refractivity contribution in [1.82, 2.24) is 14.8 Å². The van der Waals surface area contributed by atoms with Gasteiger partial charge < -0.3 is 14.2 Å². The van der Waals surface area contributed by atoms with Crippen LogP contribution in [-0.2, 0) is 24.4 Å². The molecule has 162 valence electrons. The van der Waals surface area contributed by atoms with Crippen molar-refractivity contribution in [3.8, 4) is 5.75 Å². The summed E-state index contributed by atoms with van der Waals surface area (Å²) in [5.41, 5.74) is 3.20. The smallest absolute Gasteiger partial charge is 0.237 e. The number of anilines is 1. The number of carbonyl (C=O) groups is 1. The van der Waals surface area contributed by atoms with Crippen LogP contribution >= 0.6 is 23.4 Å². The fraction of sp³-hybridized carbons (Fsp3) is 0.348. The lowest BCUT2D eigenvalue weighted by Crippen LogP contribution is -2.37. The van der Waals surface area contributed by atoms with Gasteiger partial charge in [0.25, 0.3) is 0 Å². The predicted molar refractivity (Wildman–Crippen MR) is 124 cm³/mol. The summed E-state index contributed by atoms with van der Waals surface area (Å²) in [5.74, 6) is 1.86. The molecule has 1 aliphatic heterocycles. The van der Waals surface area contributed by atoms with E-state index in [0.717, 1.165) is 34.4 Å². The third-order valence-electron chi connectivity index (χ3n) is 5.41. The Morgan fingerprint density at radius 2 is 2.06 bits per heavy atom. The summed E-state index contributed by atoms with van der Waals surface area (Å²) in [6.07, 6.45) is 0.892. The number of amides is 1. The molecule has 1 aliphatic rings. The summed E-state index contributed by atoms with van der Waals surface area (Å²) in [4.78, 5) is 14.9. The van der Waals surface area contributed by atoms with Crippen LogP contribution < -0.4 is 9.64 Å². The summed E-state index contributed by atoms with van der Waals surface area (Å²) in [6, 6.07) is 13.8.